The highest BCUT2D eigenvalue weighted by atomic mass is 16.5. The molecule has 0 radical (unpaired) electrons. The number of nitrogens with zero attached hydrogens (tertiary/aromatic N) is 1. The molecule has 0 aromatic heterocycles. The summed E-state index contributed by atoms with van der Waals surface area (Å²) in [6.45, 7) is 12.5. The van der Waals surface area contributed by atoms with E-state index in [2.05, 4.69) is 98.6 Å². The van der Waals surface area contributed by atoms with Crippen molar-refractivity contribution in [3.8, 4) is 0 Å². The number of aryl methyl sites for hydroxylation is 2. The summed E-state index contributed by atoms with van der Waals surface area (Å²) < 4.78 is 10.6. The topological polar surface area (TPSA) is 21.7 Å². The summed E-state index contributed by atoms with van der Waals surface area (Å²) in [4.78, 5) is 2.25. The Hall–Kier alpha value is -3.46. The Morgan fingerprint density at radius 1 is 0.655 bits per heavy atom. The van der Waals surface area contributed by atoms with E-state index in [4.69, 9.17) is 9.47 Å². The molecule has 3 nitrogen and oxygen atoms in total. The van der Waals surface area contributed by atoms with E-state index in [1.807, 2.05) is 0 Å². The molecule has 3 aromatic carbocycles. The smallest absolute Gasteiger partial charge is 0.112 e. The molecule has 0 aliphatic rings. The van der Waals surface area contributed by atoms with Crippen molar-refractivity contribution in [2.75, 3.05) is 4.90 Å². The van der Waals surface area contributed by atoms with Gasteiger partial charge >= 0.3 is 0 Å². The lowest BCUT2D eigenvalue weighted by Crippen LogP contribution is -2.10. The molecule has 3 aromatic rings. The molecule has 0 amide bonds. The predicted octanol–water partition coefficient (Wildman–Crippen LogP) is 7.09. The third-order valence-electron chi connectivity index (χ3n) is 4.87. The molecule has 0 bridgehead atoms. The standard InChI is InChI=1S/C26H27NO2/c1-5-28-18-22-8-13-24(14-9-22)27(26-12-7-20(3)21(4)17-26)25-15-10-23(11-16-25)19-29-6-2/h5-17H,1-2,18-19H2,3-4H3. The molecule has 0 heterocycles. The SMILES string of the molecule is C=COCc1ccc(N(c2ccc(COC=C)cc2)c2ccc(C)c(C)c2)cc1. The minimum atomic E-state index is 0.519. The van der Waals surface area contributed by atoms with Crippen LogP contribution in [0.25, 0.3) is 0 Å². The Kier molecular flexibility index (Phi) is 6.75. The van der Waals surface area contributed by atoms with Crippen LogP contribution in [0.15, 0.2) is 92.4 Å². The van der Waals surface area contributed by atoms with Crippen molar-refractivity contribution in [1.29, 1.82) is 0 Å². The molecule has 0 aliphatic heterocycles. The van der Waals surface area contributed by atoms with Crippen LogP contribution in [0.2, 0.25) is 0 Å². The molecule has 29 heavy (non-hydrogen) atoms. The molecular weight excluding hydrogens is 358 g/mol. The van der Waals surface area contributed by atoms with Crippen molar-refractivity contribution < 1.29 is 9.47 Å². The summed E-state index contributed by atoms with van der Waals surface area (Å²) >= 11 is 0. The van der Waals surface area contributed by atoms with Gasteiger partial charge in [0.2, 0.25) is 0 Å². The zero-order valence-electron chi connectivity index (χ0n) is 17.1. The van der Waals surface area contributed by atoms with Crippen LogP contribution in [0, 0.1) is 13.8 Å². The second-order valence-electron chi connectivity index (χ2n) is 6.89. The first kappa shape index (κ1) is 20.3. The van der Waals surface area contributed by atoms with Gasteiger partial charge in [0, 0.05) is 17.1 Å². The third kappa shape index (κ3) is 5.08. The molecule has 0 aliphatic carbocycles. The summed E-state index contributed by atoms with van der Waals surface area (Å²) in [5.41, 5.74) is 8.05. The first-order valence-corrected chi connectivity index (χ1v) is 9.62. The van der Waals surface area contributed by atoms with E-state index < -0.39 is 0 Å². The normalized spacial score (nSPS) is 10.3. The number of anilines is 3. The van der Waals surface area contributed by atoms with Gasteiger partial charge in [-0.15, -0.1) is 0 Å². The number of hydrogen-bond donors (Lipinski definition) is 0. The average Bonchev–Trinajstić information content (AvgIpc) is 2.75. The molecule has 0 saturated heterocycles. The number of hydrogen-bond acceptors (Lipinski definition) is 3. The summed E-state index contributed by atoms with van der Waals surface area (Å²) in [7, 11) is 0. The molecule has 3 rings (SSSR count). The summed E-state index contributed by atoms with van der Waals surface area (Å²) in [6, 6.07) is 23.3. The average molecular weight is 386 g/mol. The van der Waals surface area contributed by atoms with Crippen LogP contribution >= 0.6 is 0 Å². The van der Waals surface area contributed by atoms with Gasteiger partial charge in [0.1, 0.15) is 13.2 Å². The molecule has 0 saturated carbocycles. The van der Waals surface area contributed by atoms with Gasteiger partial charge in [-0.05, 0) is 72.5 Å². The number of benzene rings is 3. The van der Waals surface area contributed by atoms with Crippen LogP contribution < -0.4 is 4.90 Å². The summed E-state index contributed by atoms with van der Waals surface area (Å²) in [6.07, 6.45) is 2.93. The zero-order chi connectivity index (χ0) is 20.6. The maximum atomic E-state index is 5.29. The highest BCUT2D eigenvalue weighted by Gasteiger charge is 2.13. The molecule has 148 valence electrons. The summed E-state index contributed by atoms with van der Waals surface area (Å²) in [5, 5.41) is 0. The first-order valence-electron chi connectivity index (χ1n) is 9.62. The minimum Gasteiger partial charge on any atom is -0.497 e. The Balaban J connectivity index is 1.98. The van der Waals surface area contributed by atoms with Crippen LogP contribution in [-0.4, -0.2) is 0 Å². The van der Waals surface area contributed by atoms with Crippen molar-refractivity contribution in [2.24, 2.45) is 0 Å². The van der Waals surface area contributed by atoms with Crippen molar-refractivity contribution in [1.82, 2.24) is 0 Å². The van der Waals surface area contributed by atoms with E-state index in [0.717, 1.165) is 28.2 Å². The number of rotatable bonds is 9. The van der Waals surface area contributed by atoms with E-state index in [0.29, 0.717) is 13.2 Å². The Labute approximate surface area is 173 Å². The molecule has 0 N–H and O–H groups in total. The fourth-order valence-corrected chi connectivity index (χ4v) is 3.10. The van der Waals surface area contributed by atoms with Crippen molar-refractivity contribution in [3.05, 3.63) is 115 Å². The van der Waals surface area contributed by atoms with Gasteiger partial charge in [0.15, 0.2) is 0 Å². The zero-order valence-corrected chi connectivity index (χ0v) is 17.1. The van der Waals surface area contributed by atoms with Gasteiger partial charge < -0.3 is 14.4 Å². The van der Waals surface area contributed by atoms with E-state index in [1.54, 1.807) is 0 Å². The molecule has 3 heteroatoms. The highest BCUT2D eigenvalue weighted by Crippen LogP contribution is 2.35. The van der Waals surface area contributed by atoms with E-state index in [1.165, 1.54) is 23.7 Å². The lowest BCUT2D eigenvalue weighted by Gasteiger charge is -2.26. The van der Waals surface area contributed by atoms with Gasteiger partial charge in [-0.1, -0.05) is 43.5 Å². The monoisotopic (exact) mass is 385 g/mol. The van der Waals surface area contributed by atoms with E-state index >= 15 is 0 Å². The lowest BCUT2D eigenvalue weighted by atomic mass is 10.1. The van der Waals surface area contributed by atoms with Crippen LogP contribution in [0.3, 0.4) is 0 Å². The van der Waals surface area contributed by atoms with Gasteiger partial charge in [0.25, 0.3) is 0 Å². The lowest BCUT2D eigenvalue weighted by molar-refractivity contribution is 0.237. The molecule has 0 spiro atoms. The molecule has 0 fully saturated rings. The van der Waals surface area contributed by atoms with Gasteiger partial charge in [-0.25, -0.2) is 0 Å². The van der Waals surface area contributed by atoms with Crippen LogP contribution in [0.1, 0.15) is 22.3 Å². The second-order valence-corrected chi connectivity index (χ2v) is 6.89. The second kappa shape index (κ2) is 9.65. The summed E-state index contributed by atoms with van der Waals surface area (Å²) in [5.74, 6) is 0. The van der Waals surface area contributed by atoms with Gasteiger partial charge in [0.05, 0.1) is 12.5 Å². The van der Waals surface area contributed by atoms with Crippen molar-refractivity contribution >= 4 is 17.1 Å². The minimum absolute atomic E-state index is 0.519. The third-order valence-corrected chi connectivity index (χ3v) is 4.87. The molecular formula is C26H27NO2. The maximum absolute atomic E-state index is 5.29. The molecule has 0 unspecified atom stereocenters. The van der Waals surface area contributed by atoms with Gasteiger partial charge in [-0.3, -0.25) is 0 Å². The predicted molar refractivity (Wildman–Crippen MR) is 121 cm³/mol. The Bertz CT molecular complexity index is 904. The van der Waals surface area contributed by atoms with Crippen molar-refractivity contribution in [3.63, 3.8) is 0 Å². The van der Waals surface area contributed by atoms with Crippen LogP contribution in [0.5, 0.6) is 0 Å². The first-order chi connectivity index (χ1) is 14.1. The highest BCUT2D eigenvalue weighted by molar-refractivity contribution is 5.77. The molecule has 0 atom stereocenters. The van der Waals surface area contributed by atoms with Gasteiger partial charge in [-0.2, -0.15) is 0 Å². The largest absolute Gasteiger partial charge is 0.497 e. The fraction of sp³-hybridized carbons (Fsp3) is 0.154. The number of ether oxygens (including phenoxy) is 2. The maximum Gasteiger partial charge on any atom is 0.112 e. The van der Waals surface area contributed by atoms with Crippen LogP contribution in [-0.2, 0) is 22.7 Å². The fourth-order valence-electron chi connectivity index (χ4n) is 3.10. The Morgan fingerprint density at radius 3 is 1.52 bits per heavy atom. The van der Waals surface area contributed by atoms with E-state index in [-0.39, 0.29) is 0 Å². The van der Waals surface area contributed by atoms with E-state index in [9.17, 15) is 0 Å². The Morgan fingerprint density at radius 2 is 1.10 bits per heavy atom. The van der Waals surface area contributed by atoms with Crippen LogP contribution in [0.4, 0.5) is 17.1 Å². The van der Waals surface area contributed by atoms with Crippen molar-refractivity contribution in [2.45, 2.75) is 27.1 Å². The quantitative estimate of drug-likeness (QED) is 0.367.